The van der Waals surface area contributed by atoms with E-state index in [1.807, 2.05) is 49.2 Å². The summed E-state index contributed by atoms with van der Waals surface area (Å²) in [5.74, 6) is 0.0657. The minimum Gasteiger partial charge on any atom is -0.352 e. The van der Waals surface area contributed by atoms with Crippen molar-refractivity contribution in [2.75, 3.05) is 6.54 Å². The lowest BCUT2D eigenvalue weighted by molar-refractivity contribution is 0.102. The predicted molar refractivity (Wildman–Crippen MR) is 143 cm³/mol. The summed E-state index contributed by atoms with van der Waals surface area (Å²) in [6.07, 6.45) is 9.17. The van der Waals surface area contributed by atoms with Crippen LogP contribution in [0.2, 0.25) is 0 Å². The average Bonchev–Trinajstić information content (AvgIpc) is 3.64. The van der Waals surface area contributed by atoms with E-state index in [0.29, 0.717) is 0 Å². The summed E-state index contributed by atoms with van der Waals surface area (Å²) in [4.78, 5) is 30.5. The number of fused-ring (bicyclic) bond motifs is 2. The average molecular weight is 494 g/mol. The van der Waals surface area contributed by atoms with Gasteiger partial charge < -0.3 is 10.3 Å². The quantitative estimate of drug-likeness (QED) is 0.249. The summed E-state index contributed by atoms with van der Waals surface area (Å²) in [7, 11) is 0. The van der Waals surface area contributed by atoms with Crippen molar-refractivity contribution in [3.63, 3.8) is 0 Å². The molecule has 3 N–H and O–H groups in total. The molecule has 0 saturated heterocycles. The molecule has 0 aliphatic heterocycles. The Morgan fingerprint density at radius 2 is 1.89 bits per heavy atom. The van der Waals surface area contributed by atoms with Crippen LogP contribution in [-0.2, 0) is 6.54 Å². The van der Waals surface area contributed by atoms with Gasteiger partial charge in [0, 0.05) is 51.9 Å². The van der Waals surface area contributed by atoms with Crippen LogP contribution >= 0.6 is 11.3 Å². The number of hydrogen-bond donors (Lipinski definition) is 3. The van der Waals surface area contributed by atoms with Gasteiger partial charge in [0.15, 0.2) is 5.78 Å². The van der Waals surface area contributed by atoms with Gasteiger partial charge in [0.25, 0.3) is 0 Å². The van der Waals surface area contributed by atoms with E-state index in [1.165, 1.54) is 11.3 Å². The second kappa shape index (κ2) is 9.10. The number of pyridine rings is 3. The van der Waals surface area contributed by atoms with Gasteiger partial charge in [-0.25, -0.2) is 0 Å². The number of nitrogens with one attached hydrogen (secondary N) is 3. The lowest BCUT2D eigenvalue weighted by Crippen LogP contribution is -2.11. The Balaban J connectivity index is 1.42. The standard InChI is InChI=1S/C27H23N7OS/c1-3-28-9-16-6-17(11-29-10-16)21-8-19-24(14-31-21)33-34-27(19)22-7-18-20(12-30-13-23(18)32-22)26-5-4-25(36-26)15(2)35/h4-8,10-14,28,32H,3,9H2,1-2H3,(H,33,34). The lowest BCUT2D eigenvalue weighted by atomic mass is 10.1. The van der Waals surface area contributed by atoms with E-state index in [1.54, 1.807) is 6.92 Å². The fourth-order valence-corrected chi connectivity index (χ4v) is 5.25. The minimum atomic E-state index is 0.0657. The SMILES string of the molecule is CCNCc1cncc(-c2cc3c(-c4cc5c(-c6ccc(C(C)=O)s6)cncc5[nH]4)n[nH]c3cn2)c1. The van der Waals surface area contributed by atoms with Crippen molar-refractivity contribution >= 4 is 38.9 Å². The smallest absolute Gasteiger partial charge is 0.169 e. The zero-order chi connectivity index (χ0) is 24.6. The molecule has 36 heavy (non-hydrogen) atoms. The minimum absolute atomic E-state index is 0.0657. The van der Waals surface area contributed by atoms with Crippen LogP contribution in [0.5, 0.6) is 0 Å². The molecule has 0 radical (unpaired) electrons. The topological polar surface area (TPSA) is 112 Å². The summed E-state index contributed by atoms with van der Waals surface area (Å²) in [6.45, 7) is 5.34. The molecule has 0 aromatic carbocycles. The number of hydrogen-bond acceptors (Lipinski definition) is 7. The first kappa shape index (κ1) is 22.3. The molecule has 8 nitrogen and oxygen atoms in total. The van der Waals surface area contributed by atoms with Gasteiger partial charge in [0.2, 0.25) is 0 Å². The summed E-state index contributed by atoms with van der Waals surface area (Å²) < 4.78 is 0. The Hall–Kier alpha value is -4.21. The van der Waals surface area contributed by atoms with E-state index in [9.17, 15) is 4.79 Å². The molecule has 0 atom stereocenters. The summed E-state index contributed by atoms with van der Waals surface area (Å²) in [6, 6.07) is 10.1. The predicted octanol–water partition coefficient (Wildman–Crippen LogP) is 5.60. The van der Waals surface area contributed by atoms with Crippen LogP contribution in [0.25, 0.3) is 54.9 Å². The highest BCUT2D eigenvalue weighted by Crippen LogP contribution is 2.36. The number of thiophene rings is 1. The second-order valence-corrected chi connectivity index (χ2v) is 9.68. The first-order valence-electron chi connectivity index (χ1n) is 11.7. The molecule has 0 bridgehead atoms. The van der Waals surface area contributed by atoms with Gasteiger partial charge in [-0.1, -0.05) is 6.92 Å². The molecular weight excluding hydrogens is 470 g/mol. The maximum absolute atomic E-state index is 11.8. The van der Waals surface area contributed by atoms with Crippen LogP contribution in [0.4, 0.5) is 0 Å². The van der Waals surface area contributed by atoms with Crippen LogP contribution in [-0.4, -0.2) is 42.5 Å². The highest BCUT2D eigenvalue weighted by molar-refractivity contribution is 7.17. The largest absolute Gasteiger partial charge is 0.352 e. The number of aromatic nitrogens is 6. The highest BCUT2D eigenvalue weighted by atomic mass is 32.1. The normalized spacial score (nSPS) is 11.5. The molecule has 178 valence electrons. The summed E-state index contributed by atoms with van der Waals surface area (Å²) in [5.41, 5.74) is 7.34. The van der Waals surface area contributed by atoms with Gasteiger partial charge >= 0.3 is 0 Å². The first-order valence-corrected chi connectivity index (χ1v) is 12.5. The van der Waals surface area contributed by atoms with Crippen LogP contribution in [0, 0.1) is 0 Å². The first-order chi connectivity index (χ1) is 17.6. The number of Topliss-reactive ketones (excluding diaryl/α,β-unsaturated/α-hetero) is 1. The van der Waals surface area contributed by atoms with Crippen molar-refractivity contribution in [1.82, 2.24) is 35.5 Å². The fourth-order valence-electron chi connectivity index (χ4n) is 4.32. The van der Waals surface area contributed by atoms with E-state index in [0.717, 1.165) is 78.4 Å². The van der Waals surface area contributed by atoms with Crippen LogP contribution in [0.15, 0.2) is 61.3 Å². The maximum atomic E-state index is 11.8. The molecule has 6 aromatic rings. The molecule has 0 amide bonds. The van der Waals surface area contributed by atoms with E-state index in [2.05, 4.69) is 54.5 Å². The molecule has 0 spiro atoms. The number of nitrogens with zero attached hydrogens (tertiary/aromatic N) is 4. The van der Waals surface area contributed by atoms with E-state index in [4.69, 9.17) is 0 Å². The van der Waals surface area contributed by atoms with Gasteiger partial charge in [-0.05, 0) is 49.4 Å². The van der Waals surface area contributed by atoms with E-state index in [-0.39, 0.29) is 5.78 Å². The fraction of sp³-hybridized carbons (Fsp3) is 0.148. The van der Waals surface area contributed by atoms with Crippen molar-refractivity contribution in [1.29, 1.82) is 0 Å². The van der Waals surface area contributed by atoms with Gasteiger partial charge in [-0.15, -0.1) is 11.3 Å². The summed E-state index contributed by atoms with van der Waals surface area (Å²) >= 11 is 1.48. The number of carbonyl (C=O) groups is 1. The van der Waals surface area contributed by atoms with Crippen molar-refractivity contribution < 1.29 is 4.79 Å². The van der Waals surface area contributed by atoms with E-state index < -0.39 is 0 Å². The highest BCUT2D eigenvalue weighted by Gasteiger charge is 2.16. The van der Waals surface area contributed by atoms with Gasteiger partial charge in [0.1, 0.15) is 5.69 Å². The molecule has 6 rings (SSSR count). The van der Waals surface area contributed by atoms with Crippen molar-refractivity contribution in [3.05, 3.63) is 71.8 Å². The number of ketones is 1. The molecule has 0 unspecified atom stereocenters. The Kier molecular flexibility index (Phi) is 5.63. The zero-order valence-corrected chi connectivity index (χ0v) is 20.6. The molecular formula is C27H23N7OS. The number of carbonyl (C=O) groups excluding carboxylic acids is 1. The molecule has 6 aromatic heterocycles. The van der Waals surface area contributed by atoms with Crippen LogP contribution in [0.3, 0.4) is 0 Å². The van der Waals surface area contributed by atoms with Gasteiger partial charge in [-0.3, -0.25) is 24.8 Å². The third kappa shape index (κ3) is 3.98. The zero-order valence-electron chi connectivity index (χ0n) is 19.8. The maximum Gasteiger partial charge on any atom is 0.169 e. The number of aromatic amines is 2. The monoisotopic (exact) mass is 493 g/mol. The van der Waals surface area contributed by atoms with Gasteiger partial charge in [0.05, 0.1) is 39.7 Å². The van der Waals surface area contributed by atoms with Crippen molar-refractivity contribution in [2.24, 2.45) is 0 Å². The lowest BCUT2D eigenvalue weighted by Gasteiger charge is -2.05. The molecule has 0 fully saturated rings. The van der Waals surface area contributed by atoms with Crippen LogP contribution in [0.1, 0.15) is 29.1 Å². The van der Waals surface area contributed by atoms with Crippen LogP contribution < -0.4 is 5.32 Å². The van der Waals surface area contributed by atoms with Gasteiger partial charge in [-0.2, -0.15) is 5.10 Å². The Bertz CT molecular complexity index is 1730. The summed E-state index contributed by atoms with van der Waals surface area (Å²) in [5, 5.41) is 13.0. The third-order valence-electron chi connectivity index (χ3n) is 6.14. The number of H-pyrrole nitrogens is 2. The Labute approximate surface area is 210 Å². The Morgan fingerprint density at radius 1 is 1.00 bits per heavy atom. The van der Waals surface area contributed by atoms with Crippen molar-refractivity contribution in [3.8, 4) is 33.1 Å². The molecule has 6 heterocycles. The second-order valence-electron chi connectivity index (χ2n) is 8.60. The number of rotatable bonds is 7. The van der Waals surface area contributed by atoms with E-state index >= 15 is 0 Å². The third-order valence-corrected chi connectivity index (χ3v) is 7.36. The molecule has 9 heteroatoms. The molecule has 0 saturated carbocycles. The Morgan fingerprint density at radius 3 is 2.72 bits per heavy atom. The molecule has 0 aliphatic rings. The molecule has 0 aliphatic carbocycles. The van der Waals surface area contributed by atoms with Crippen molar-refractivity contribution in [2.45, 2.75) is 20.4 Å².